The van der Waals surface area contributed by atoms with Crippen LogP contribution in [-0.2, 0) is 0 Å². The van der Waals surface area contributed by atoms with Gasteiger partial charge in [-0.2, -0.15) is 0 Å². The molecule has 0 aliphatic rings. The summed E-state index contributed by atoms with van der Waals surface area (Å²) in [7, 11) is 3.79. The standard InChI is InChI=1S/C9H13ClN2O/c1-6(13)8-4-9(12(2)3)7(10)5-11-8/h4-6,13H,1-3H3. The van der Waals surface area contributed by atoms with Crippen molar-refractivity contribution < 1.29 is 5.11 Å². The Balaban J connectivity index is 3.11. The van der Waals surface area contributed by atoms with Gasteiger partial charge in [0.1, 0.15) is 0 Å². The SMILES string of the molecule is CC(O)c1cc(N(C)C)c(Cl)cn1. The van der Waals surface area contributed by atoms with E-state index in [9.17, 15) is 5.11 Å². The molecule has 13 heavy (non-hydrogen) atoms. The number of hydrogen-bond acceptors (Lipinski definition) is 3. The Kier molecular flexibility index (Phi) is 3.12. The highest BCUT2D eigenvalue weighted by Crippen LogP contribution is 2.25. The van der Waals surface area contributed by atoms with Crippen LogP contribution in [0.3, 0.4) is 0 Å². The molecule has 1 rings (SSSR count). The van der Waals surface area contributed by atoms with E-state index in [-0.39, 0.29) is 0 Å². The van der Waals surface area contributed by atoms with Gasteiger partial charge in [0, 0.05) is 20.3 Å². The Morgan fingerprint density at radius 2 is 2.15 bits per heavy atom. The Morgan fingerprint density at radius 3 is 2.62 bits per heavy atom. The van der Waals surface area contributed by atoms with E-state index in [0.717, 1.165) is 5.69 Å². The van der Waals surface area contributed by atoms with Gasteiger partial charge in [-0.25, -0.2) is 0 Å². The molecular formula is C9H13ClN2O. The maximum atomic E-state index is 9.30. The third kappa shape index (κ3) is 2.32. The summed E-state index contributed by atoms with van der Waals surface area (Å²) in [4.78, 5) is 5.90. The van der Waals surface area contributed by atoms with Gasteiger partial charge in [0.05, 0.1) is 22.5 Å². The summed E-state index contributed by atoms with van der Waals surface area (Å²) in [6.07, 6.45) is 0.995. The van der Waals surface area contributed by atoms with Gasteiger partial charge in [0.15, 0.2) is 0 Å². The Morgan fingerprint density at radius 1 is 1.54 bits per heavy atom. The Hall–Kier alpha value is -0.800. The molecule has 1 aromatic rings. The second kappa shape index (κ2) is 3.94. The summed E-state index contributed by atoms with van der Waals surface area (Å²) in [5, 5.41) is 9.89. The van der Waals surface area contributed by atoms with Crippen molar-refractivity contribution in [3.63, 3.8) is 0 Å². The van der Waals surface area contributed by atoms with Gasteiger partial charge in [-0.15, -0.1) is 0 Å². The third-order valence-corrected chi connectivity index (χ3v) is 2.06. The lowest BCUT2D eigenvalue weighted by molar-refractivity contribution is 0.194. The van der Waals surface area contributed by atoms with E-state index >= 15 is 0 Å². The fraction of sp³-hybridized carbons (Fsp3) is 0.444. The van der Waals surface area contributed by atoms with Crippen molar-refractivity contribution in [2.24, 2.45) is 0 Å². The number of aliphatic hydroxyl groups is 1. The molecule has 0 saturated carbocycles. The van der Waals surface area contributed by atoms with Crippen LogP contribution >= 0.6 is 11.6 Å². The van der Waals surface area contributed by atoms with Gasteiger partial charge in [0.25, 0.3) is 0 Å². The van der Waals surface area contributed by atoms with E-state index in [1.165, 1.54) is 0 Å². The number of anilines is 1. The second-order valence-corrected chi connectivity index (χ2v) is 3.54. The molecule has 0 spiro atoms. The lowest BCUT2D eigenvalue weighted by Crippen LogP contribution is -2.10. The minimum atomic E-state index is -0.559. The highest BCUT2D eigenvalue weighted by atomic mass is 35.5. The van der Waals surface area contributed by atoms with Crippen molar-refractivity contribution in [1.82, 2.24) is 4.98 Å². The molecular weight excluding hydrogens is 188 g/mol. The Labute approximate surface area is 83.0 Å². The first-order chi connectivity index (χ1) is 6.02. The molecule has 0 aliphatic carbocycles. The van der Waals surface area contributed by atoms with Crippen LogP contribution < -0.4 is 4.90 Å². The number of nitrogens with zero attached hydrogens (tertiary/aromatic N) is 2. The van der Waals surface area contributed by atoms with Crippen LogP contribution in [0.4, 0.5) is 5.69 Å². The van der Waals surface area contributed by atoms with Gasteiger partial charge in [-0.3, -0.25) is 4.98 Å². The number of pyridine rings is 1. The Bertz CT molecular complexity index is 300. The molecule has 72 valence electrons. The molecule has 0 amide bonds. The van der Waals surface area contributed by atoms with Crippen molar-refractivity contribution in [1.29, 1.82) is 0 Å². The molecule has 1 heterocycles. The van der Waals surface area contributed by atoms with Crippen molar-refractivity contribution in [2.45, 2.75) is 13.0 Å². The van der Waals surface area contributed by atoms with Crippen LogP contribution in [0.1, 0.15) is 18.7 Å². The number of aromatic nitrogens is 1. The van der Waals surface area contributed by atoms with Gasteiger partial charge in [0.2, 0.25) is 0 Å². The minimum absolute atomic E-state index is 0.559. The van der Waals surface area contributed by atoms with E-state index in [4.69, 9.17) is 11.6 Å². The summed E-state index contributed by atoms with van der Waals surface area (Å²) in [5.41, 5.74) is 1.50. The van der Waals surface area contributed by atoms with E-state index in [1.54, 1.807) is 19.2 Å². The zero-order chi connectivity index (χ0) is 10.0. The molecule has 1 unspecified atom stereocenters. The molecule has 0 aliphatic heterocycles. The molecule has 0 saturated heterocycles. The first kappa shape index (κ1) is 10.3. The smallest absolute Gasteiger partial charge is 0.0932 e. The van der Waals surface area contributed by atoms with Crippen LogP contribution in [0, 0.1) is 0 Å². The number of halogens is 1. The van der Waals surface area contributed by atoms with Gasteiger partial charge in [-0.1, -0.05) is 11.6 Å². The van der Waals surface area contributed by atoms with Crippen molar-refractivity contribution in [3.8, 4) is 0 Å². The zero-order valence-electron chi connectivity index (χ0n) is 7.95. The number of hydrogen-bond donors (Lipinski definition) is 1. The average Bonchev–Trinajstić information content (AvgIpc) is 2.04. The normalized spacial score (nSPS) is 12.7. The van der Waals surface area contributed by atoms with Crippen molar-refractivity contribution >= 4 is 17.3 Å². The van der Waals surface area contributed by atoms with Crippen LogP contribution in [0.15, 0.2) is 12.3 Å². The molecule has 4 heteroatoms. The third-order valence-electron chi connectivity index (χ3n) is 1.77. The molecule has 1 N–H and O–H groups in total. The van der Waals surface area contributed by atoms with Crippen LogP contribution in [-0.4, -0.2) is 24.2 Å². The molecule has 0 aromatic carbocycles. The highest BCUT2D eigenvalue weighted by molar-refractivity contribution is 6.33. The first-order valence-electron chi connectivity index (χ1n) is 4.03. The quantitative estimate of drug-likeness (QED) is 0.792. The van der Waals surface area contributed by atoms with Gasteiger partial charge in [-0.05, 0) is 13.0 Å². The maximum absolute atomic E-state index is 9.30. The van der Waals surface area contributed by atoms with Gasteiger partial charge < -0.3 is 10.0 Å². The summed E-state index contributed by atoms with van der Waals surface area (Å²) < 4.78 is 0. The second-order valence-electron chi connectivity index (χ2n) is 3.13. The number of aliphatic hydroxyl groups excluding tert-OH is 1. The molecule has 1 aromatic heterocycles. The number of rotatable bonds is 2. The topological polar surface area (TPSA) is 36.4 Å². The lowest BCUT2D eigenvalue weighted by Gasteiger charge is -2.15. The van der Waals surface area contributed by atoms with Gasteiger partial charge >= 0.3 is 0 Å². The average molecular weight is 201 g/mol. The van der Waals surface area contributed by atoms with Crippen LogP contribution in [0.2, 0.25) is 5.02 Å². The lowest BCUT2D eigenvalue weighted by atomic mass is 10.2. The van der Waals surface area contributed by atoms with E-state index in [2.05, 4.69) is 4.98 Å². The van der Waals surface area contributed by atoms with Crippen LogP contribution in [0.25, 0.3) is 0 Å². The fourth-order valence-electron chi connectivity index (χ4n) is 1.01. The molecule has 0 fully saturated rings. The highest BCUT2D eigenvalue weighted by Gasteiger charge is 2.08. The molecule has 0 radical (unpaired) electrons. The predicted molar refractivity (Wildman–Crippen MR) is 54.2 cm³/mol. The maximum Gasteiger partial charge on any atom is 0.0932 e. The van der Waals surface area contributed by atoms with Crippen molar-refractivity contribution in [2.75, 3.05) is 19.0 Å². The molecule has 1 atom stereocenters. The molecule has 3 nitrogen and oxygen atoms in total. The summed E-state index contributed by atoms with van der Waals surface area (Å²) in [6.45, 7) is 1.68. The van der Waals surface area contributed by atoms with Crippen LogP contribution in [0.5, 0.6) is 0 Å². The first-order valence-corrected chi connectivity index (χ1v) is 4.41. The predicted octanol–water partition coefficient (Wildman–Crippen LogP) is 1.85. The summed E-state index contributed by atoms with van der Waals surface area (Å²) >= 11 is 5.91. The monoisotopic (exact) mass is 200 g/mol. The largest absolute Gasteiger partial charge is 0.387 e. The fourth-order valence-corrected chi connectivity index (χ4v) is 1.29. The molecule has 0 bridgehead atoms. The summed E-state index contributed by atoms with van der Waals surface area (Å²) in [5.74, 6) is 0. The van der Waals surface area contributed by atoms with E-state index in [1.807, 2.05) is 19.0 Å². The van der Waals surface area contributed by atoms with E-state index < -0.39 is 6.10 Å². The zero-order valence-corrected chi connectivity index (χ0v) is 8.71. The van der Waals surface area contributed by atoms with Crippen molar-refractivity contribution in [3.05, 3.63) is 23.0 Å². The summed E-state index contributed by atoms with van der Waals surface area (Å²) in [6, 6.07) is 1.78. The van der Waals surface area contributed by atoms with E-state index in [0.29, 0.717) is 10.7 Å². The minimum Gasteiger partial charge on any atom is -0.387 e.